The number of hydrogen-bond donors (Lipinski definition) is 0. The van der Waals surface area contributed by atoms with Crippen LogP contribution in [0.25, 0.3) is 6.08 Å². The van der Waals surface area contributed by atoms with Gasteiger partial charge in [-0.3, -0.25) is 4.79 Å². The second-order valence-corrected chi connectivity index (χ2v) is 4.70. The lowest BCUT2D eigenvalue weighted by Gasteiger charge is -2.30. The van der Waals surface area contributed by atoms with Crippen LogP contribution in [0, 0.1) is 0 Å². The molecule has 0 bridgehead atoms. The zero-order chi connectivity index (χ0) is 13.2. The van der Waals surface area contributed by atoms with Crippen molar-refractivity contribution in [3.63, 3.8) is 0 Å². The van der Waals surface area contributed by atoms with E-state index in [2.05, 4.69) is 19.1 Å². The molecule has 1 heterocycles. The third kappa shape index (κ3) is 2.06. The normalized spacial score (nSPS) is 17.1. The standard InChI is InChI=1S/C17H15NO/c1-13-16-10-6-5-7-14(16)11-12-18(13)17(19)15-8-3-2-4-9-15/h2-13H,1H3/t13-/m0/s1. The maximum atomic E-state index is 12.5. The second kappa shape index (κ2) is 4.73. The van der Waals surface area contributed by atoms with Crippen LogP contribution in [-0.4, -0.2) is 10.8 Å². The van der Waals surface area contributed by atoms with E-state index in [1.165, 1.54) is 11.1 Å². The number of amides is 1. The number of nitrogens with zero attached hydrogens (tertiary/aromatic N) is 1. The SMILES string of the molecule is C[C@H]1c2ccccc2C=CN1C(=O)c1ccccc1. The van der Waals surface area contributed by atoms with Gasteiger partial charge in [-0.15, -0.1) is 0 Å². The first-order valence-corrected chi connectivity index (χ1v) is 6.42. The van der Waals surface area contributed by atoms with Gasteiger partial charge in [0, 0.05) is 11.8 Å². The number of benzene rings is 2. The molecular weight excluding hydrogens is 234 g/mol. The molecule has 0 aromatic heterocycles. The number of hydrogen-bond acceptors (Lipinski definition) is 1. The number of carbonyl (C=O) groups is 1. The van der Waals surface area contributed by atoms with Crippen molar-refractivity contribution in [3.05, 3.63) is 77.5 Å². The van der Waals surface area contributed by atoms with Crippen LogP contribution in [0.1, 0.15) is 34.5 Å². The molecule has 0 fully saturated rings. The van der Waals surface area contributed by atoms with Crippen molar-refractivity contribution in [1.82, 2.24) is 4.90 Å². The van der Waals surface area contributed by atoms with Crippen LogP contribution in [0.2, 0.25) is 0 Å². The Morgan fingerprint density at radius 2 is 1.68 bits per heavy atom. The average Bonchev–Trinajstić information content (AvgIpc) is 2.48. The number of rotatable bonds is 1. The monoisotopic (exact) mass is 249 g/mol. The summed E-state index contributed by atoms with van der Waals surface area (Å²) >= 11 is 0. The van der Waals surface area contributed by atoms with E-state index in [1.807, 2.05) is 54.7 Å². The largest absolute Gasteiger partial charge is 0.308 e. The lowest BCUT2D eigenvalue weighted by Crippen LogP contribution is -2.30. The molecule has 0 aliphatic carbocycles. The first kappa shape index (κ1) is 11.7. The van der Waals surface area contributed by atoms with Crippen molar-refractivity contribution in [2.24, 2.45) is 0 Å². The molecule has 2 aromatic rings. The smallest absolute Gasteiger partial charge is 0.258 e. The third-order valence-electron chi connectivity index (χ3n) is 3.53. The lowest BCUT2D eigenvalue weighted by molar-refractivity contribution is 0.0776. The minimum Gasteiger partial charge on any atom is -0.308 e. The van der Waals surface area contributed by atoms with E-state index >= 15 is 0 Å². The molecule has 1 aliphatic heterocycles. The van der Waals surface area contributed by atoms with Crippen LogP contribution in [0.3, 0.4) is 0 Å². The molecule has 1 amide bonds. The van der Waals surface area contributed by atoms with Gasteiger partial charge in [0.1, 0.15) is 0 Å². The molecule has 19 heavy (non-hydrogen) atoms. The fourth-order valence-corrected chi connectivity index (χ4v) is 2.46. The van der Waals surface area contributed by atoms with Crippen molar-refractivity contribution < 1.29 is 4.79 Å². The Morgan fingerprint density at radius 3 is 2.47 bits per heavy atom. The summed E-state index contributed by atoms with van der Waals surface area (Å²) in [7, 11) is 0. The summed E-state index contributed by atoms with van der Waals surface area (Å²) < 4.78 is 0. The van der Waals surface area contributed by atoms with Gasteiger partial charge in [0.15, 0.2) is 0 Å². The lowest BCUT2D eigenvalue weighted by atomic mass is 9.97. The molecule has 2 aromatic carbocycles. The van der Waals surface area contributed by atoms with Gasteiger partial charge in [-0.1, -0.05) is 42.5 Å². The van der Waals surface area contributed by atoms with Crippen LogP contribution in [0.4, 0.5) is 0 Å². The number of carbonyl (C=O) groups excluding carboxylic acids is 1. The fourth-order valence-electron chi connectivity index (χ4n) is 2.46. The second-order valence-electron chi connectivity index (χ2n) is 4.70. The van der Waals surface area contributed by atoms with E-state index in [1.54, 1.807) is 4.90 Å². The van der Waals surface area contributed by atoms with Crippen molar-refractivity contribution in [2.45, 2.75) is 13.0 Å². The highest BCUT2D eigenvalue weighted by molar-refractivity contribution is 5.95. The molecule has 0 saturated carbocycles. The van der Waals surface area contributed by atoms with E-state index in [-0.39, 0.29) is 11.9 Å². The Kier molecular flexibility index (Phi) is 2.92. The molecule has 0 radical (unpaired) electrons. The van der Waals surface area contributed by atoms with Crippen molar-refractivity contribution in [2.75, 3.05) is 0 Å². The highest BCUT2D eigenvalue weighted by Gasteiger charge is 2.24. The molecule has 0 spiro atoms. The van der Waals surface area contributed by atoms with Crippen LogP contribution in [-0.2, 0) is 0 Å². The summed E-state index contributed by atoms with van der Waals surface area (Å²) in [4.78, 5) is 14.3. The number of fused-ring (bicyclic) bond motifs is 1. The quantitative estimate of drug-likeness (QED) is 0.751. The van der Waals surface area contributed by atoms with E-state index in [0.29, 0.717) is 0 Å². The molecule has 0 N–H and O–H groups in total. The molecule has 1 atom stereocenters. The summed E-state index contributed by atoms with van der Waals surface area (Å²) in [6.45, 7) is 2.06. The van der Waals surface area contributed by atoms with Crippen LogP contribution < -0.4 is 0 Å². The summed E-state index contributed by atoms with van der Waals surface area (Å²) in [6.07, 6.45) is 3.87. The zero-order valence-electron chi connectivity index (χ0n) is 10.8. The molecule has 2 heteroatoms. The summed E-state index contributed by atoms with van der Waals surface area (Å²) in [5.74, 6) is 0.0406. The topological polar surface area (TPSA) is 20.3 Å². The molecule has 0 saturated heterocycles. The average molecular weight is 249 g/mol. The predicted octanol–water partition coefficient (Wildman–Crippen LogP) is 3.87. The van der Waals surface area contributed by atoms with Gasteiger partial charge in [0.05, 0.1) is 6.04 Å². The Labute approximate surface area is 113 Å². The van der Waals surface area contributed by atoms with Gasteiger partial charge in [0.25, 0.3) is 5.91 Å². The minimum absolute atomic E-state index is 0.0406. The maximum absolute atomic E-state index is 12.5. The summed E-state index contributed by atoms with van der Waals surface area (Å²) in [5, 5.41) is 0. The fraction of sp³-hybridized carbons (Fsp3) is 0.118. The van der Waals surface area contributed by atoms with Crippen molar-refractivity contribution in [3.8, 4) is 0 Å². The first-order chi connectivity index (χ1) is 9.27. The molecule has 3 rings (SSSR count). The highest BCUT2D eigenvalue weighted by Crippen LogP contribution is 2.30. The van der Waals surface area contributed by atoms with E-state index < -0.39 is 0 Å². The van der Waals surface area contributed by atoms with E-state index in [9.17, 15) is 4.79 Å². The predicted molar refractivity (Wildman–Crippen MR) is 76.5 cm³/mol. The highest BCUT2D eigenvalue weighted by atomic mass is 16.2. The summed E-state index contributed by atoms with van der Waals surface area (Å²) in [5.41, 5.74) is 3.10. The molecular formula is C17H15NO. The van der Waals surface area contributed by atoms with Crippen molar-refractivity contribution >= 4 is 12.0 Å². The van der Waals surface area contributed by atoms with Gasteiger partial charge < -0.3 is 4.90 Å². The van der Waals surface area contributed by atoms with Crippen LogP contribution in [0.15, 0.2) is 60.8 Å². The van der Waals surface area contributed by atoms with Gasteiger partial charge in [-0.05, 0) is 36.3 Å². The Bertz CT molecular complexity index is 631. The Hall–Kier alpha value is -2.35. The van der Waals surface area contributed by atoms with Gasteiger partial charge in [-0.2, -0.15) is 0 Å². The van der Waals surface area contributed by atoms with Crippen molar-refractivity contribution in [1.29, 1.82) is 0 Å². The molecule has 2 nitrogen and oxygen atoms in total. The first-order valence-electron chi connectivity index (χ1n) is 6.42. The molecule has 94 valence electrons. The van der Waals surface area contributed by atoms with Gasteiger partial charge in [0.2, 0.25) is 0 Å². The molecule has 0 unspecified atom stereocenters. The minimum atomic E-state index is 0.0406. The molecule has 1 aliphatic rings. The maximum Gasteiger partial charge on any atom is 0.258 e. The van der Waals surface area contributed by atoms with Crippen LogP contribution >= 0.6 is 0 Å². The van der Waals surface area contributed by atoms with E-state index in [0.717, 1.165) is 5.56 Å². The van der Waals surface area contributed by atoms with Gasteiger partial charge in [-0.25, -0.2) is 0 Å². The van der Waals surface area contributed by atoms with E-state index in [4.69, 9.17) is 0 Å². The Morgan fingerprint density at radius 1 is 1.00 bits per heavy atom. The Balaban J connectivity index is 1.95. The van der Waals surface area contributed by atoms with Crippen LogP contribution in [0.5, 0.6) is 0 Å². The summed E-state index contributed by atoms with van der Waals surface area (Å²) in [6, 6.07) is 17.6. The zero-order valence-corrected chi connectivity index (χ0v) is 10.8. The van der Waals surface area contributed by atoms with Gasteiger partial charge >= 0.3 is 0 Å². The third-order valence-corrected chi connectivity index (χ3v) is 3.53.